The Morgan fingerprint density at radius 2 is 1.08 bits per heavy atom. The number of nitrogens with zero attached hydrogens (tertiary/aromatic N) is 1. The van der Waals surface area contributed by atoms with Crippen LogP contribution >= 0.6 is 0 Å². The summed E-state index contributed by atoms with van der Waals surface area (Å²) in [6.45, 7) is 10.1. The van der Waals surface area contributed by atoms with Crippen molar-refractivity contribution >= 4 is 0 Å². The van der Waals surface area contributed by atoms with Gasteiger partial charge < -0.3 is 18.9 Å². The van der Waals surface area contributed by atoms with Crippen LogP contribution in [-0.4, -0.2) is 70.8 Å². The van der Waals surface area contributed by atoms with Gasteiger partial charge in [-0.05, 0) is 17.5 Å². The second kappa shape index (κ2) is 12.4. The summed E-state index contributed by atoms with van der Waals surface area (Å²) in [5, 5.41) is 0. The van der Waals surface area contributed by atoms with E-state index in [9.17, 15) is 0 Å². The van der Waals surface area contributed by atoms with Gasteiger partial charge in [0.25, 0.3) is 0 Å². The van der Waals surface area contributed by atoms with Crippen LogP contribution in [-0.2, 0) is 31.9 Å². The van der Waals surface area contributed by atoms with Gasteiger partial charge in [-0.25, -0.2) is 0 Å². The highest BCUT2D eigenvalue weighted by molar-refractivity contribution is 5.22. The minimum absolute atomic E-state index is 0.614. The molecule has 0 radical (unpaired) electrons. The molecule has 0 bridgehead atoms. The molecule has 2 rings (SSSR count). The standard InChI is InChI=1S/C19H31NO4/c1-2-18-3-5-19(6-4-18)17-20-7-9-21-11-13-23-15-16-24-14-12-22-10-8-20/h3-6H,2,7-17H2,1H3. The van der Waals surface area contributed by atoms with Crippen molar-refractivity contribution in [3.63, 3.8) is 0 Å². The van der Waals surface area contributed by atoms with Crippen molar-refractivity contribution in [3.05, 3.63) is 35.4 Å². The predicted octanol–water partition coefficient (Wildman–Crippen LogP) is 2.13. The first-order valence-electron chi connectivity index (χ1n) is 8.99. The maximum Gasteiger partial charge on any atom is 0.0701 e. The van der Waals surface area contributed by atoms with E-state index >= 15 is 0 Å². The molecule has 1 aromatic rings. The van der Waals surface area contributed by atoms with Crippen LogP contribution in [0.15, 0.2) is 24.3 Å². The lowest BCUT2D eigenvalue weighted by Crippen LogP contribution is -2.31. The quantitative estimate of drug-likeness (QED) is 0.845. The highest BCUT2D eigenvalue weighted by Gasteiger charge is 2.07. The Labute approximate surface area is 145 Å². The Bertz CT molecular complexity index is 408. The zero-order chi connectivity index (χ0) is 16.9. The lowest BCUT2D eigenvalue weighted by Gasteiger charge is -2.22. The van der Waals surface area contributed by atoms with Crippen LogP contribution in [0.5, 0.6) is 0 Å². The van der Waals surface area contributed by atoms with Crippen LogP contribution in [0.2, 0.25) is 0 Å². The average molecular weight is 337 g/mol. The van der Waals surface area contributed by atoms with E-state index in [4.69, 9.17) is 18.9 Å². The highest BCUT2D eigenvalue weighted by atomic mass is 16.6. The molecule has 0 saturated carbocycles. The van der Waals surface area contributed by atoms with Gasteiger partial charge in [0.2, 0.25) is 0 Å². The Balaban J connectivity index is 1.81. The van der Waals surface area contributed by atoms with E-state index in [2.05, 4.69) is 36.1 Å². The second-order valence-corrected chi connectivity index (χ2v) is 5.90. The average Bonchev–Trinajstić information content (AvgIpc) is 2.62. The normalized spacial score (nSPS) is 20.2. The second-order valence-electron chi connectivity index (χ2n) is 5.90. The molecule has 1 aromatic carbocycles. The molecule has 5 heteroatoms. The molecule has 0 N–H and O–H groups in total. The van der Waals surface area contributed by atoms with Crippen molar-refractivity contribution in [2.24, 2.45) is 0 Å². The fourth-order valence-corrected chi connectivity index (χ4v) is 2.56. The number of ether oxygens (including phenoxy) is 4. The predicted molar refractivity (Wildman–Crippen MR) is 94.4 cm³/mol. The molecule has 136 valence electrons. The third kappa shape index (κ3) is 8.22. The van der Waals surface area contributed by atoms with E-state index in [1.54, 1.807) is 0 Å². The van der Waals surface area contributed by atoms with Crippen LogP contribution < -0.4 is 0 Å². The topological polar surface area (TPSA) is 40.2 Å². The first-order chi connectivity index (χ1) is 11.9. The fraction of sp³-hybridized carbons (Fsp3) is 0.684. The van der Waals surface area contributed by atoms with E-state index in [-0.39, 0.29) is 0 Å². The Morgan fingerprint density at radius 1 is 0.667 bits per heavy atom. The molecule has 1 fully saturated rings. The van der Waals surface area contributed by atoms with Gasteiger partial charge >= 0.3 is 0 Å². The van der Waals surface area contributed by atoms with Crippen molar-refractivity contribution in [1.29, 1.82) is 0 Å². The van der Waals surface area contributed by atoms with Crippen LogP contribution in [0.3, 0.4) is 0 Å². The summed E-state index contributed by atoms with van der Waals surface area (Å²) in [6, 6.07) is 8.87. The largest absolute Gasteiger partial charge is 0.378 e. The first-order valence-corrected chi connectivity index (χ1v) is 8.99. The molecular formula is C19H31NO4. The molecule has 0 amide bonds. The highest BCUT2D eigenvalue weighted by Crippen LogP contribution is 2.08. The molecule has 1 saturated heterocycles. The van der Waals surface area contributed by atoms with Gasteiger partial charge in [0, 0.05) is 19.6 Å². The van der Waals surface area contributed by atoms with E-state index in [0.29, 0.717) is 52.9 Å². The van der Waals surface area contributed by atoms with Gasteiger partial charge in [0.05, 0.1) is 52.9 Å². The molecule has 0 aliphatic carbocycles. The van der Waals surface area contributed by atoms with E-state index in [1.165, 1.54) is 11.1 Å². The molecule has 0 atom stereocenters. The summed E-state index contributed by atoms with van der Waals surface area (Å²) in [6.07, 6.45) is 1.08. The van der Waals surface area contributed by atoms with Crippen molar-refractivity contribution in [1.82, 2.24) is 4.90 Å². The fourth-order valence-electron chi connectivity index (χ4n) is 2.56. The molecule has 1 aliphatic heterocycles. The Morgan fingerprint density at radius 3 is 1.54 bits per heavy atom. The summed E-state index contributed by atoms with van der Waals surface area (Å²) in [7, 11) is 0. The van der Waals surface area contributed by atoms with Gasteiger partial charge in [0.1, 0.15) is 0 Å². The van der Waals surface area contributed by atoms with Gasteiger partial charge in [-0.15, -0.1) is 0 Å². The molecule has 0 aromatic heterocycles. The Hall–Kier alpha value is -0.980. The maximum atomic E-state index is 5.67. The zero-order valence-corrected chi connectivity index (χ0v) is 14.9. The van der Waals surface area contributed by atoms with Crippen molar-refractivity contribution < 1.29 is 18.9 Å². The third-order valence-corrected chi connectivity index (χ3v) is 4.06. The van der Waals surface area contributed by atoms with Crippen LogP contribution in [0.4, 0.5) is 0 Å². The summed E-state index contributed by atoms with van der Waals surface area (Å²) >= 11 is 0. The van der Waals surface area contributed by atoms with E-state index in [0.717, 1.165) is 26.1 Å². The number of hydrogen-bond donors (Lipinski definition) is 0. The molecular weight excluding hydrogens is 306 g/mol. The number of hydrogen-bond acceptors (Lipinski definition) is 5. The molecule has 0 unspecified atom stereocenters. The number of benzene rings is 1. The Kier molecular flexibility index (Phi) is 9.99. The van der Waals surface area contributed by atoms with Crippen LogP contribution in [0, 0.1) is 0 Å². The smallest absolute Gasteiger partial charge is 0.0701 e. The summed E-state index contributed by atoms with van der Waals surface area (Å²) in [4.78, 5) is 2.38. The van der Waals surface area contributed by atoms with E-state index in [1.807, 2.05) is 0 Å². The minimum atomic E-state index is 0.614. The van der Waals surface area contributed by atoms with Gasteiger partial charge in [-0.1, -0.05) is 31.2 Å². The number of aryl methyl sites for hydroxylation is 1. The van der Waals surface area contributed by atoms with Gasteiger partial charge in [0.15, 0.2) is 0 Å². The molecule has 24 heavy (non-hydrogen) atoms. The summed E-state index contributed by atoms with van der Waals surface area (Å²) in [5.41, 5.74) is 2.71. The lowest BCUT2D eigenvalue weighted by molar-refractivity contribution is 0.00206. The zero-order valence-electron chi connectivity index (χ0n) is 14.9. The van der Waals surface area contributed by atoms with Gasteiger partial charge in [-0.3, -0.25) is 4.90 Å². The molecule has 1 heterocycles. The monoisotopic (exact) mass is 337 g/mol. The number of rotatable bonds is 3. The van der Waals surface area contributed by atoms with Crippen LogP contribution in [0.25, 0.3) is 0 Å². The first kappa shape index (κ1) is 19.3. The maximum absolute atomic E-state index is 5.67. The SMILES string of the molecule is CCc1ccc(CN2CCOCCOCCOCCOCC2)cc1. The molecule has 1 aliphatic rings. The molecule has 5 nitrogen and oxygen atoms in total. The summed E-state index contributed by atoms with van der Waals surface area (Å²) < 4.78 is 22.2. The van der Waals surface area contributed by atoms with Crippen molar-refractivity contribution in [2.45, 2.75) is 19.9 Å². The minimum Gasteiger partial charge on any atom is -0.378 e. The van der Waals surface area contributed by atoms with Crippen molar-refractivity contribution in [2.75, 3.05) is 65.9 Å². The van der Waals surface area contributed by atoms with Crippen molar-refractivity contribution in [3.8, 4) is 0 Å². The summed E-state index contributed by atoms with van der Waals surface area (Å²) in [5.74, 6) is 0. The third-order valence-electron chi connectivity index (χ3n) is 4.06. The lowest BCUT2D eigenvalue weighted by atomic mass is 10.1. The van der Waals surface area contributed by atoms with E-state index < -0.39 is 0 Å². The molecule has 0 spiro atoms. The van der Waals surface area contributed by atoms with Gasteiger partial charge in [-0.2, -0.15) is 0 Å². The van der Waals surface area contributed by atoms with Crippen LogP contribution in [0.1, 0.15) is 18.1 Å².